The average Bonchev–Trinajstić information content (AvgIpc) is 2.69. The first-order valence-corrected chi connectivity index (χ1v) is 15.7. The minimum atomic E-state index is -0.470. The maximum absolute atomic E-state index is 3.00. The monoisotopic (exact) mass is 706 g/mol. The molecule has 0 aliphatic heterocycles. The summed E-state index contributed by atoms with van der Waals surface area (Å²) in [6.45, 7) is 40.7. The normalized spacial score (nSPS) is 11.3. The van der Waals surface area contributed by atoms with E-state index < -0.39 is 15.6 Å². The van der Waals surface area contributed by atoms with Crippen LogP contribution in [0.2, 0.25) is 0 Å². The van der Waals surface area contributed by atoms with Gasteiger partial charge in [-0.2, -0.15) is 15.6 Å². The minimum Gasteiger partial charge on any atom is -0.218 e. The molecule has 0 fully saturated rings. The molecular formula is C30H56B2P2Rh2. The summed E-state index contributed by atoms with van der Waals surface area (Å²) in [5.74, 6) is 9.52. The van der Waals surface area contributed by atoms with Gasteiger partial charge in [0, 0.05) is 59.6 Å². The van der Waals surface area contributed by atoms with Gasteiger partial charge in [0.25, 0.3) is 0 Å². The van der Waals surface area contributed by atoms with Gasteiger partial charge in [0.15, 0.2) is 0 Å². The van der Waals surface area contributed by atoms with E-state index in [0.717, 1.165) is 0 Å². The Morgan fingerprint density at radius 1 is 0.389 bits per heavy atom. The minimum absolute atomic E-state index is 0. The molecule has 0 aliphatic carbocycles. The summed E-state index contributed by atoms with van der Waals surface area (Å²) in [4.78, 5) is 0. The van der Waals surface area contributed by atoms with Crippen molar-refractivity contribution in [2.24, 2.45) is 0 Å². The van der Waals surface area contributed by atoms with Gasteiger partial charge in [0.05, 0.1) is 12.1 Å². The molecule has 2 radical (unpaired) electrons. The maximum atomic E-state index is 3.00. The smallest absolute Gasteiger partial charge is 0.0772 e. The molecule has 2 heterocycles. The van der Waals surface area contributed by atoms with Crippen molar-refractivity contribution in [1.29, 1.82) is 0 Å². The quantitative estimate of drug-likeness (QED) is 0.166. The van der Waals surface area contributed by atoms with Crippen molar-refractivity contribution >= 4 is 27.7 Å². The number of hydrogen-bond donors (Lipinski definition) is 0. The topological polar surface area (TPSA) is 0 Å². The molecule has 36 heavy (non-hydrogen) atoms. The van der Waals surface area contributed by atoms with E-state index in [9.17, 15) is 0 Å². The molecule has 0 N–H and O–H groups in total. The van der Waals surface area contributed by atoms with Gasteiger partial charge >= 0.3 is 0 Å². The van der Waals surface area contributed by atoms with Crippen LogP contribution in [0.15, 0.2) is 86.6 Å². The maximum Gasteiger partial charge on any atom is 0.0772 e. The Balaban J connectivity index is -0.000000238. The Morgan fingerprint density at radius 2 is 0.556 bits per heavy atom. The van der Waals surface area contributed by atoms with Gasteiger partial charge in [-0.25, -0.2) is 23.8 Å². The second-order valence-electron chi connectivity index (χ2n) is 12.8. The fourth-order valence-electron chi connectivity index (χ4n) is 5.63. The Labute approximate surface area is 255 Å². The van der Waals surface area contributed by atoms with E-state index in [4.69, 9.17) is 0 Å². The standard InChI is InChI=1S/2C13H24BP.2C2H4.2Rh/c2*1-12(2,3)15(13(4,5)6)14-10-8-7-9-11-14;2*1-2;;/h2*7-11,15H,1-6H3;2*1-2H2;;. The molecule has 0 unspecified atom stereocenters. The van der Waals surface area contributed by atoms with Crippen LogP contribution in [0.25, 0.3) is 0 Å². The van der Waals surface area contributed by atoms with Crippen molar-refractivity contribution in [3.63, 3.8) is 0 Å². The van der Waals surface area contributed by atoms with Crippen LogP contribution in [-0.4, -0.2) is 32.8 Å². The molecule has 0 aliphatic rings. The fourth-order valence-corrected chi connectivity index (χ4v) is 15.3. The van der Waals surface area contributed by atoms with Crippen molar-refractivity contribution in [1.82, 2.24) is 0 Å². The van der Waals surface area contributed by atoms with E-state index in [-0.39, 0.29) is 39.0 Å². The zero-order valence-electron chi connectivity index (χ0n) is 25.4. The van der Waals surface area contributed by atoms with Gasteiger partial charge in [0.1, 0.15) is 0 Å². The summed E-state index contributed by atoms with van der Waals surface area (Å²) < 4.78 is 0. The van der Waals surface area contributed by atoms with Gasteiger partial charge in [-0.15, -0.1) is 50.6 Å². The number of rotatable bonds is 2. The van der Waals surface area contributed by atoms with Crippen molar-refractivity contribution in [2.75, 3.05) is 0 Å². The van der Waals surface area contributed by atoms with Crippen LogP contribution in [0, 0.1) is 0 Å². The summed E-state index contributed by atoms with van der Waals surface area (Å²) >= 11 is 0. The molecule has 6 heteroatoms. The average molecular weight is 706 g/mol. The van der Waals surface area contributed by atoms with Crippen LogP contribution >= 0.6 is 15.6 Å². The van der Waals surface area contributed by atoms with E-state index in [1.807, 2.05) is 0 Å². The molecule has 2 rings (SSSR count). The van der Waals surface area contributed by atoms with Crippen LogP contribution in [-0.2, 0) is 39.0 Å². The van der Waals surface area contributed by atoms with Crippen LogP contribution in [0.4, 0.5) is 0 Å². The van der Waals surface area contributed by atoms with Crippen LogP contribution in [0.5, 0.6) is 0 Å². The first kappa shape index (κ1) is 43.5. The molecule has 0 atom stereocenters. The van der Waals surface area contributed by atoms with Gasteiger partial charge in [-0.05, 0) is 83.1 Å². The first-order chi connectivity index (χ1) is 15.5. The molecule has 0 amide bonds. The molecule has 0 aromatic carbocycles. The summed E-state index contributed by atoms with van der Waals surface area (Å²) in [6.07, 6.45) is 0. The second-order valence-corrected chi connectivity index (χ2v) is 21.8. The van der Waals surface area contributed by atoms with Gasteiger partial charge < -0.3 is 0 Å². The summed E-state index contributed by atoms with van der Waals surface area (Å²) in [7, 11) is -0.940. The van der Waals surface area contributed by atoms with E-state index in [2.05, 4.69) is 170 Å². The van der Waals surface area contributed by atoms with Crippen LogP contribution in [0.1, 0.15) is 83.1 Å². The van der Waals surface area contributed by atoms with Crippen LogP contribution < -0.4 is 0 Å². The largest absolute Gasteiger partial charge is 0.218 e. The van der Waals surface area contributed by atoms with Crippen molar-refractivity contribution in [3.05, 3.63) is 86.6 Å². The Kier molecular flexibility index (Phi) is 23.5. The zero-order valence-corrected chi connectivity index (χ0v) is 30.7. The second kappa shape index (κ2) is 19.5. The molecule has 0 nitrogen and oxygen atoms in total. The number of hydrogen-bond acceptors (Lipinski definition) is 0. The fraction of sp³-hybridized carbons (Fsp3) is 0.533. The Hall–Kier alpha value is 0.417. The first-order valence-electron chi connectivity index (χ1n) is 12.6. The molecule has 0 spiro atoms. The van der Waals surface area contributed by atoms with E-state index in [0.29, 0.717) is 32.8 Å². The van der Waals surface area contributed by atoms with E-state index in [1.165, 1.54) is 0 Å². The molecule has 2 aromatic rings. The predicted octanol–water partition coefficient (Wildman–Crippen LogP) is 10.2. The van der Waals surface area contributed by atoms with Crippen LogP contribution in [0.3, 0.4) is 0 Å². The summed E-state index contributed by atoms with van der Waals surface area (Å²) in [5, 5.41) is 1.78. The third-order valence-electron chi connectivity index (χ3n) is 5.62. The third kappa shape index (κ3) is 16.4. The van der Waals surface area contributed by atoms with Crippen molar-refractivity contribution < 1.29 is 39.0 Å². The van der Waals surface area contributed by atoms with Gasteiger partial charge in [-0.3, -0.25) is 0 Å². The van der Waals surface area contributed by atoms with E-state index in [1.54, 1.807) is 0 Å². The summed E-state index contributed by atoms with van der Waals surface area (Å²) in [6, 6.07) is 14.4. The Bertz CT molecular complexity index is 691. The molecule has 0 saturated carbocycles. The SMILES string of the molecule is C=C.C=C.CC(C)(C)[PH+]([b-]1ccccc1)C(C)(C)C.CC(C)(C)[PH+]([b-]1ccccc1)C(C)(C)C.[Rh].[Rh]. The predicted molar refractivity (Wildman–Crippen MR) is 174 cm³/mol. The Morgan fingerprint density at radius 3 is 0.694 bits per heavy atom. The van der Waals surface area contributed by atoms with E-state index >= 15 is 0 Å². The molecular weight excluding hydrogens is 650 g/mol. The van der Waals surface area contributed by atoms with Crippen molar-refractivity contribution in [2.45, 2.75) is 104 Å². The molecule has 2 aromatic heterocycles. The summed E-state index contributed by atoms with van der Waals surface area (Å²) in [5.41, 5.74) is 0. The van der Waals surface area contributed by atoms with Gasteiger partial charge in [0.2, 0.25) is 0 Å². The molecule has 0 saturated heterocycles. The zero-order chi connectivity index (χ0) is 27.4. The molecule has 210 valence electrons. The van der Waals surface area contributed by atoms with Gasteiger partial charge in [-0.1, -0.05) is 12.1 Å². The third-order valence-corrected chi connectivity index (χ3v) is 14.2. The molecule has 0 bridgehead atoms. The van der Waals surface area contributed by atoms with Crippen molar-refractivity contribution in [3.8, 4) is 0 Å².